The minimum atomic E-state index is -3.61. The van der Waals surface area contributed by atoms with Gasteiger partial charge in [0.1, 0.15) is 0 Å². The highest BCUT2D eigenvalue weighted by Gasteiger charge is 2.36. The zero-order valence-electron chi connectivity index (χ0n) is 11.5. The molecule has 0 aromatic carbocycles. The van der Waals surface area contributed by atoms with Crippen LogP contribution in [0.3, 0.4) is 0 Å². The van der Waals surface area contributed by atoms with E-state index >= 15 is 0 Å². The van der Waals surface area contributed by atoms with E-state index in [0.29, 0.717) is 0 Å². The Morgan fingerprint density at radius 2 is 2.20 bits per heavy atom. The van der Waals surface area contributed by atoms with Crippen LogP contribution in [-0.2, 0) is 33.0 Å². The first-order chi connectivity index (χ1) is 9.25. The second-order valence-corrected chi connectivity index (χ2v) is 9.24. The van der Waals surface area contributed by atoms with Gasteiger partial charge < -0.3 is 0 Å². The fraction of sp³-hybridized carbons (Fsp3) is 0.727. The minimum Gasteiger partial charge on any atom is -0.270 e. The molecule has 2 heterocycles. The van der Waals surface area contributed by atoms with Gasteiger partial charge in [0.25, 0.3) is 0 Å². The lowest BCUT2D eigenvalue weighted by Gasteiger charge is -2.11. The third-order valence-corrected chi connectivity index (χ3v) is 7.40. The second-order valence-electron chi connectivity index (χ2n) is 4.96. The van der Waals surface area contributed by atoms with Gasteiger partial charge in [0.05, 0.1) is 23.0 Å². The van der Waals surface area contributed by atoms with E-state index in [9.17, 15) is 16.8 Å². The maximum absolute atomic E-state index is 12.1. The van der Waals surface area contributed by atoms with Crippen molar-refractivity contribution in [1.29, 1.82) is 0 Å². The van der Waals surface area contributed by atoms with Crippen LogP contribution in [0.1, 0.15) is 24.6 Å². The van der Waals surface area contributed by atoms with Crippen molar-refractivity contribution in [2.24, 2.45) is 0 Å². The molecule has 0 amide bonds. The summed E-state index contributed by atoms with van der Waals surface area (Å²) in [6.45, 7) is 4.70. The number of aryl methyl sites for hydroxylation is 1. The Bertz CT molecular complexity index is 691. The normalized spacial score (nSPS) is 22.2. The van der Waals surface area contributed by atoms with E-state index < -0.39 is 25.1 Å². The fourth-order valence-corrected chi connectivity index (χ4v) is 6.33. The van der Waals surface area contributed by atoms with E-state index in [1.54, 1.807) is 10.9 Å². The van der Waals surface area contributed by atoms with Gasteiger partial charge in [0.15, 0.2) is 9.84 Å². The number of rotatable bonds is 5. The minimum absolute atomic E-state index is 0.0502. The summed E-state index contributed by atoms with van der Waals surface area (Å²) in [6.07, 6.45) is 1.80. The van der Waals surface area contributed by atoms with Crippen LogP contribution in [0.2, 0.25) is 0 Å². The third-order valence-electron chi connectivity index (χ3n) is 3.60. The Morgan fingerprint density at radius 1 is 1.50 bits per heavy atom. The number of aromatic nitrogens is 2. The quantitative estimate of drug-likeness (QED) is 0.811. The highest BCUT2D eigenvalue weighted by molar-refractivity contribution is 7.95. The summed E-state index contributed by atoms with van der Waals surface area (Å²) in [7, 11) is -6.81. The molecule has 114 valence electrons. The molecule has 1 fully saturated rings. The van der Waals surface area contributed by atoms with Crippen molar-refractivity contribution in [3.63, 3.8) is 0 Å². The van der Waals surface area contributed by atoms with Gasteiger partial charge in [-0.25, -0.2) is 21.6 Å². The van der Waals surface area contributed by atoms with E-state index in [-0.39, 0.29) is 24.5 Å². The van der Waals surface area contributed by atoms with Gasteiger partial charge in [-0.15, -0.1) is 0 Å². The lowest BCUT2D eigenvalue weighted by molar-refractivity contribution is 0.567. The van der Waals surface area contributed by atoms with Crippen molar-refractivity contribution >= 4 is 19.9 Å². The Balaban J connectivity index is 2.04. The molecule has 1 atom stereocenters. The summed E-state index contributed by atoms with van der Waals surface area (Å²) in [5, 5.41) is 3.30. The zero-order valence-corrected chi connectivity index (χ0v) is 13.2. The van der Waals surface area contributed by atoms with Gasteiger partial charge in [-0.2, -0.15) is 5.10 Å². The molecule has 1 aromatic heterocycles. The van der Waals surface area contributed by atoms with Gasteiger partial charge in [-0.1, -0.05) is 0 Å². The highest BCUT2D eigenvalue weighted by Crippen LogP contribution is 2.18. The number of sulfonamides is 1. The first-order valence-corrected chi connectivity index (χ1v) is 9.82. The SMILES string of the molecule is CCn1ncc(CNS(=O)(=O)[C@H]2CCS(=O)(=O)C2)c1C. The largest absolute Gasteiger partial charge is 0.270 e. The summed E-state index contributed by atoms with van der Waals surface area (Å²) < 4.78 is 51.1. The predicted molar refractivity (Wildman–Crippen MR) is 75.5 cm³/mol. The van der Waals surface area contributed by atoms with E-state index in [1.165, 1.54) is 0 Å². The van der Waals surface area contributed by atoms with Crippen molar-refractivity contribution < 1.29 is 16.8 Å². The molecule has 1 aliphatic rings. The van der Waals surface area contributed by atoms with E-state index in [1.807, 2.05) is 13.8 Å². The van der Waals surface area contributed by atoms with Crippen molar-refractivity contribution in [2.45, 2.75) is 38.6 Å². The molecule has 7 nitrogen and oxygen atoms in total. The van der Waals surface area contributed by atoms with Crippen LogP contribution < -0.4 is 4.72 Å². The van der Waals surface area contributed by atoms with Crippen LogP contribution in [0, 0.1) is 6.92 Å². The maximum atomic E-state index is 12.1. The van der Waals surface area contributed by atoms with E-state index in [0.717, 1.165) is 17.8 Å². The molecule has 0 saturated carbocycles. The smallest absolute Gasteiger partial charge is 0.215 e. The van der Waals surface area contributed by atoms with E-state index in [4.69, 9.17) is 0 Å². The Morgan fingerprint density at radius 3 is 2.70 bits per heavy atom. The van der Waals surface area contributed by atoms with Crippen LogP contribution in [0.5, 0.6) is 0 Å². The number of hydrogen-bond acceptors (Lipinski definition) is 5. The number of nitrogens with one attached hydrogen (secondary N) is 1. The Kier molecular flexibility index (Phi) is 4.22. The van der Waals surface area contributed by atoms with Gasteiger partial charge in [0.2, 0.25) is 10.0 Å². The summed E-state index contributed by atoms with van der Waals surface area (Å²) in [5.41, 5.74) is 1.71. The van der Waals surface area contributed by atoms with Crippen molar-refractivity contribution in [3.05, 3.63) is 17.5 Å². The molecule has 0 bridgehead atoms. The molecule has 0 aliphatic carbocycles. The topological polar surface area (TPSA) is 98.1 Å². The van der Waals surface area contributed by atoms with Gasteiger partial charge in [-0.05, 0) is 20.3 Å². The lowest BCUT2D eigenvalue weighted by Crippen LogP contribution is -2.34. The molecule has 1 aromatic rings. The summed E-state index contributed by atoms with van der Waals surface area (Å²) in [5.74, 6) is -0.332. The summed E-state index contributed by atoms with van der Waals surface area (Å²) in [6, 6.07) is 0. The van der Waals surface area contributed by atoms with Crippen LogP contribution in [0.4, 0.5) is 0 Å². The Hall–Kier alpha value is -0.930. The van der Waals surface area contributed by atoms with Crippen molar-refractivity contribution in [3.8, 4) is 0 Å². The average molecular weight is 321 g/mol. The van der Waals surface area contributed by atoms with Gasteiger partial charge in [0, 0.05) is 24.3 Å². The Labute approximate surface area is 119 Å². The molecule has 1 N–H and O–H groups in total. The van der Waals surface area contributed by atoms with Crippen LogP contribution in [0.25, 0.3) is 0 Å². The molecule has 0 spiro atoms. The molecular weight excluding hydrogens is 302 g/mol. The summed E-state index contributed by atoms with van der Waals surface area (Å²) in [4.78, 5) is 0. The zero-order chi connectivity index (χ0) is 15.0. The first-order valence-electron chi connectivity index (χ1n) is 6.45. The fourth-order valence-electron chi connectivity index (χ4n) is 2.28. The molecule has 1 aliphatic heterocycles. The average Bonchev–Trinajstić information content (AvgIpc) is 2.90. The molecule has 1 saturated heterocycles. The molecule has 20 heavy (non-hydrogen) atoms. The number of nitrogens with zero attached hydrogens (tertiary/aromatic N) is 2. The van der Waals surface area contributed by atoms with Crippen LogP contribution in [-0.4, -0.2) is 43.4 Å². The molecule has 0 unspecified atom stereocenters. The second kappa shape index (κ2) is 5.45. The highest BCUT2D eigenvalue weighted by atomic mass is 32.2. The third kappa shape index (κ3) is 3.21. The number of hydrogen-bond donors (Lipinski definition) is 1. The summed E-state index contributed by atoms with van der Waals surface area (Å²) >= 11 is 0. The van der Waals surface area contributed by atoms with Crippen LogP contribution in [0.15, 0.2) is 6.20 Å². The standard InChI is InChI=1S/C11H19N3O4S2/c1-3-14-9(2)10(6-12-14)7-13-20(17,18)11-4-5-19(15,16)8-11/h6,11,13H,3-5,7-8H2,1-2H3/t11-/m0/s1. The molecular formula is C11H19N3O4S2. The number of sulfone groups is 1. The molecule has 9 heteroatoms. The van der Waals surface area contributed by atoms with Gasteiger partial charge >= 0.3 is 0 Å². The monoisotopic (exact) mass is 321 g/mol. The van der Waals surface area contributed by atoms with Crippen molar-refractivity contribution in [2.75, 3.05) is 11.5 Å². The van der Waals surface area contributed by atoms with Crippen molar-refractivity contribution in [1.82, 2.24) is 14.5 Å². The first kappa shape index (κ1) is 15.5. The van der Waals surface area contributed by atoms with Crippen LogP contribution >= 0.6 is 0 Å². The predicted octanol–water partition coefficient (Wildman–Crippen LogP) is -0.182. The maximum Gasteiger partial charge on any atom is 0.215 e. The van der Waals surface area contributed by atoms with Gasteiger partial charge in [-0.3, -0.25) is 4.68 Å². The lowest BCUT2D eigenvalue weighted by atomic mass is 10.3. The molecule has 0 radical (unpaired) electrons. The molecule has 2 rings (SSSR count). The van der Waals surface area contributed by atoms with E-state index in [2.05, 4.69) is 9.82 Å².